The fourth-order valence-corrected chi connectivity index (χ4v) is 3.04. The van der Waals surface area contributed by atoms with Crippen LogP contribution >= 0.6 is 0 Å². The van der Waals surface area contributed by atoms with Crippen molar-refractivity contribution in [2.24, 2.45) is 0 Å². The van der Waals surface area contributed by atoms with Gasteiger partial charge in [0.1, 0.15) is 11.8 Å². The number of hydrogen-bond donors (Lipinski definition) is 1. The maximum absolute atomic E-state index is 12.1. The zero-order valence-corrected chi connectivity index (χ0v) is 13.1. The van der Waals surface area contributed by atoms with Crippen molar-refractivity contribution in [1.29, 1.82) is 0 Å². The largest absolute Gasteiger partial charge is 0.344 e. The number of rotatable bonds is 6. The van der Waals surface area contributed by atoms with Crippen molar-refractivity contribution in [2.75, 3.05) is 24.6 Å². The van der Waals surface area contributed by atoms with Gasteiger partial charge in [-0.2, -0.15) is 0 Å². The van der Waals surface area contributed by atoms with Gasteiger partial charge >= 0.3 is 0 Å². The van der Waals surface area contributed by atoms with Crippen LogP contribution in [0.25, 0.3) is 0 Å². The molecule has 0 bridgehead atoms. The van der Waals surface area contributed by atoms with Gasteiger partial charge in [-0.15, -0.1) is 0 Å². The van der Waals surface area contributed by atoms with E-state index in [0.717, 1.165) is 32.4 Å². The Morgan fingerprint density at radius 3 is 2.55 bits per heavy atom. The zero-order valence-electron chi connectivity index (χ0n) is 12.3. The van der Waals surface area contributed by atoms with Crippen molar-refractivity contribution in [3.8, 4) is 0 Å². The molecule has 2 atom stereocenters. The Balaban J connectivity index is 2.36. The Labute approximate surface area is 123 Å². The van der Waals surface area contributed by atoms with Gasteiger partial charge in [-0.05, 0) is 33.1 Å². The zero-order chi connectivity index (χ0) is 15.0. The molecular formula is C14H24N2O3S. The standard InChI is InChI=1S/C14H24N2O3S/c1-3-4-10-20(19)11-13(17)15-12(2)14(18)16-8-6-5-7-9-16/h3-4,12H,5-11H2,1-2H3,(H,15,17). The molecule has 6 heteroatoms. The Hall–Kier alpha value is -1.17. The fourth-order valence-electron chi connectivity index (χ4n) is 2.14. The first-order valence-corrected chi connectivity index (χ1v) is 8.57. The summed E-state index contributed by atoms with van der Waals surface area (Å²) in [6.45, 7) is 5.07. The maximum Gasteiger partial charge on any atom is 0.244 e. The Bertz CT molecular complexity index is 390. The molecule has 1 rings (SSSR count). The molecule has 1 aliphatic rings. The molecule has 0 radical (unpaired) electrons. The van der Waals surface area contributed by atoms with Crippen LogP contribution in [-0.2, 0) is 20.4 Å². The molecule has 0 aromatic heterocycles. The first-order chi connectivity index (χ1) is 9.54. The molecule has 0 aromatic rings. The quantitative estimate of drug-likeness (QED) is 0.739. The molecule has 20 heavy (non-hydrogen) atoms. The van der Waals surface area contributed by atoms with Crippen LogP contribution in [0.15, 0.2) is 12.2 Å². The smallest absolute Gasteiger partial charge is 0.244 e. The van der Waals surface area contributed by atoms with Gasteiger partial charge in [0.15, 0.2) is 0 Å². The molecule has 2 unspecified atom stereocenters. The average molecular weight is 300 g/mol. The lowest BCUT2D eigenvalue weighted by atomic mass is 10.1. The molecule has 5 nitrogen and oxygen atoms in total. The topological polar surface area (TPSA) is 66.5 Å². The molecule has 1 N–H and O–H groups in total. The summed E-state index contributed by atoms with van der Waals surface area (Å²) >= 11 is 0. The minimum absolute atomic E-state index is 0.0442. The molecule has 1 heterocycles. The fraction of sp³-hybridized carbons (Fsp3) is 0.714. The molecule has 1 fully saturated rings. The highest BCUT2D eigenvalue weighted by Crippen LogP contribution is 2.09. The number of amides is 2. The third kappa shape index (κ3) is 5.86. The van der Waals surface area contributed by atoms with Gasteiger partial charge in [-0.25, -0.2) is 0 Å². The summed E-state index contributed by atoms with van der Waals surface area (Å²) in [6.07, 6.45) is 6.79. The van der Waals surface area contributed by atoms with E-state index in [9.17, 15) is 13.8 Å². The van der Waals surface area contributed by atoms with Crippen LogP contribution in [-0.4, -0.2) is 51.6 Å². The minimum atomic E-state index is -1.21. The highest BCUT2D eigenvalue weighted by atomic mass is 32.2. The van der Waals surface area contributed by atoms with Gasteiger partial charge in [0.25, 0.3) is 0 Å². The van der Waals surface area contributed by atoms with Crippen molar-refractivity contribution in [1.82, 2.24) is 10.2 Å². The van der Waals surface area contributed by atoms with Gasteiger partial charge in [0.2, 0.25) is 11.8 Å². The lowest BCUT2D eigenvalue weighted by molar-refractivity contribution is -0.136. The van der Waals surface area contributed by atoms with E-state index in [4.69, 9.17) is 0 Å². The van der Waals surface area contributed by atoms with Crippen LogP contribution in [0.3, 0.4) is 0 Å². The Morgan fingerprint density at radius 1 is 1.30 bits per heavy atom. The lowest BCUT2D eigenvalue weighted by Crippen LogP contribution is -2.49. The highest BCUT2D eigenvalue weighted by molar-refractivity contribution is 7.85. The Morgan fingerprint density at radius 2 is 1.95 bits per heavy atom. The van der Waals surface area contributed by atoms with E-state index in [0.29, 0.717) is 5.75 Å². The molecule has 2 amide bonds. The number of carbonyl (C=O) groups is 2. The molecule has 0 spiro atoms. The molecular weight excluding hydrogens is 276 g/mol. The molecule has 0 aliphatic carbocycles. The molecule has 0 saturated carbocycles. The summed E-state index contributed by atoms with van der Waals surface area (Å²) < 4.78 is 11.6. The van der Waals surface area contributed by atoms with E-state index in [1.807, 2.05) is 6.92 Å². The number of nitrogens with zero attached hydrogens (tertiary/aromatic N) is 1. The van der Waals surface area contributed by atoms with E-state index in [-0.39, 0.29) is 17.6 Å². The molecule has 1 saturated heterocycles. The van der Waals surface area contributed by atoms with Crippen LogP contribution in [0.1, 0.15) is 33.1 Å². The summed E-state index contributed by atoms with van der Waals surface area (Å²) in [6, 6.07) is -0.542. The summed E-state index contributed by atoms with van der Waals surface area (Å²) in [7, 11) is -1.21. The van der Waals surface area contributed by atoms with Crippen LogP contribution in [0, 0.1) is 0 Å². The molecule has 0 aromatic carbocycles. The van der Waals surface area contributed by atoms with Crippen LogP contribution in [0.2, 0.25) is 0 Å². The van der Waals surface area contributed by atoms with E-state index in [1.54, 1.807) is 24.0 Å². The number of hydrogen-bond acceptors (Lipinski definition) is 3. The van der Waals surface area contributed by atoms with Gasteiger partial charge < -0.3 is 10.2 Å². The highest BCUT2D eigenvalue weighted by Gasteiger charge is 2.23. The van der Waals surface area contributed by atoms with Gasteiger partial charge in [-0.3, -0.25) is 13.8 Å². The van der Waals surface area contributed by atoms with Crippen molar-refractivity contribution < 1.29 is 13.8 Å². The van der Waals surface area contributed by atoms with Crippen LogP contribution < -0.4 is 5.32 Å². The first-order valence-electron chi connectivity index (χ1n) is 7.09. The van der Waals surface area contributed by atoms with E-state index in [1.165, 1.54) is 0 Å². The number of piperidine rings is 1. The van der Waals surface area contributed by atoms with Crippen LogP contribution in [0.5, 0.6) is 0 Å². The predicted octanol–water partition coefficient (Wildman–Crippen LogP) is 0.828. The second-order valence-electron chi connectivity index (χ2n) is 5.00. The normalized spacial score (nSPS) is 18.8. The average Bonchev–Trinajstić information content (AvgIpc) is 2.45. The predicted molar refractivity (Wildman–Crippen MR) is 80.7 cm³/mol. The number of carbonyl (C=O) groups excluding carboxylic acids is 2. The number of allylic oxidation sites excluding steroid dienone is 1. The van der Waals surface area contributed by atoms with E-state index in [2.05, 4.69) is 5.32 Å². The second-order valence-corrected chi connectivity index (χ2v) is 6.50. The minimum Gasteiger partial charge on any atom is -0.344 e. The van der Waals surface area contributed by atoms with Crippen molar-refractivity contribution >= 4 is 22.6 Å². The maximum atomic E-state index is 12.1. The number of nitrogens with one attached hydrogen (secondary N) is 1. The van der Waals surface area contributed by atoms with Crippen molar-refractivity contribution in [3.63, 3.8) is 0 Å². The third-order valence-electron chi connectivity index (χ3n) is 3.23. The van der Waals surface area contributed by atoms with Crippen molar-refractivity contribution in [3.05, 3.63) is 12.2 Å². The monoisotopic (exact) mass is 300 g/mol. The Kier molecular flexibility index (Phi) is 7.51. The summed E-state index contributed by atoms with van der Waals surface area (Å²) in [5.74, 6) is -0.0525. The van der Waals surface area contributed by atoms with E-state index >= 15 is 0 Å². The van der Waals surface area contributed by atoms with Crippen LogP contribution in [0.4, 0.5) is 0 Å². The van der Waals surface area contributed by atoms with Crippen molar-refractivity contribution in [2.45, 2.75) is 39.2 Å². The summed E-state index contributed by atoms with van der Waals surface area (Å²) in [4.78, 5) is 25.6. The van der Waals surface area contributed by atoms with E-state index < -0.39 is 16.8 Å². The van der Waals surface area contributed by atoms with Gasteiger partial charge in [0.05, 0.1) is 0 Å². The van der Waals surface area contributed by atoms with Gasteiger partial charge in [0, 0.05) is 29.6 Å². The second kappa shape index (κ2) is 8.89. The summed E-state index contributed by atoms with van der Waals surface area (Å²) in [5, 5.41) is 2.64. The first kappa shape index (κ1) is 16.9. The SMILES string of the molecule is CC=CCS(=O)CC(=O)NC(C)C(=O)N1CCCCC1. The van der Waals surface area contributed by atoms with Gasteiger partial charge in [-0.1, -0.05) is 12.2 Å². The summed E-state index contributed by atoms with van der Waals surface area (Å²) in [5.41, 5.74) is 0. The third-order valence-corrected chi connectivity index (χ3v) is 4.37. The number of likely N-dealkylation sites (tertiary alicyclic amines) is 1. The molecule has 114 valence electrons. The molecule has 1 aliphatic heterocycles. The lowest BCUT2D eigenvalue weighted by Gasteiger charge is -2.29.